The lowest BCUT2D eigenvalue weighted by Crippen LogP contribution is -2.44. The first-order valence-electron chi connectivity index (χ1n) is 5.99. The fourth-order valence-electron chi connectivity index (χ4n) is 2.21. The molecule has 0 aromatic carbocycles. The Balaban J connectivity index is 2.05. The lowest BCUT2D eigenvalue weighted by atomic mass is 10.0. The molecular formula is C12H16ClN3O2. The highest BCUT2D eigenvalue weighted by molar-refractivity contribution is 6.29. The first-order valence-corrected chi connectivity index (χ1v) is 6.37. The van der Waals surface area contributed by atoms with Crippen molar-refractivity contribution in [2.45, 2.75) is 31.8 Å². The van der Waals surface area contributed by atoms with Crippen molar-refractivity contribution in [1.82, 2.24) is 14.9 Å². The molecular weight excluding hydrogens is 254 g/mol. The summed E-state index contributed by atoms with van der Waals surface area (Å²) < 4.78 is 4.84. The highest BCUT2D eigenvalue weighted by Crippen LogP contribution is 2.20. The summed E-state index contributed by atoms with van der Waals surface area (Å²) in [7, 11) is 1.43. The van der Waals surface area contributed by atoms with E-state index in [9.17, 15) is 4.79 Å². The maximum atomic E-state index is 11.7. The van der Waals surface area contributed by atoms with Gasteiger partial charge in [-0.3, -0.25) is 14.7 Å². The summed E-state index contributed by atoms with van der Waals surface area (Å²) in [5, 5.41) is 0.377. The van der Waals surface area contributed by atoms with E-state index in [1.165, 1.54) is 13.3 Å². The molecule has 0 saturated carbocycles. The number of nitrogens with zero attached hydrogens (tertiary/aromatic N) is 3. The Kier molecular flexibility index (Phi) is 4.49. The topological polar surface area (TPSA) is 55.3 Å². The Hall–Kier alpha value is -1.20. The van der Waals surface area contributed by atoms with E-state index in [0.717, 1.165) is 31.5 Å². The standard InChI is InChI=1S/C12H16ClN3O2/c1-18-12(17)10-4-2-3-5-16(10)8-9-6-15-11(13)7-14-9/h6-7,10H,2-5,8H2,1H3. The molecule has 1 fully saturated rings. The number of likely N-dealkylation sites (tertiary alicyclic amines) is 1. The molecule has 1 aliphatic rings. The summed E-state index contributed by atoms with van der Waals surface area (Å²) in [4.78, 5) is 22.0. The van der Waals surface area contributed by atoms with Crippen molar-refractivity contribution in [3.05, 3.63) is 23.2 Å². The van der Waals surface area contributed by atoms with Gasteiger partial charge in [-0.1, -0.05) is 18.0 Å². The monoisotopic (exact) mass is 269 g/mol. The van der Waals surface area contributed by atoms with Gasteiger partial charge >= 0.3 is 5.97 Å². The first kappa shape index (κ1) is 13.2. The molecule has 1 saturated heterocycles. The normalized spacial score (nSPS) is 20.7. The van der Waals surface area contributed by atoms with E-state index in [-0.39, 0.29) is 12.0 Å². The molecule has 1 aliphatic heterocycles. The second-order valence-electron chi connectivity index (χ2n) is 4.34. The van der Waals surface area contributed by atoms with Crippen molar-refractivity contribution in [3.63, 3.8) is 0 Å². The number of rotatable bonds is 3. The number of aromatic nitrogens is 2. The predicted molar refractivity (Wildman–Crippen MR) is 67.1 cm³/mol. The van der Waals surface area contributed by atoms with E-state index in [1.54, 1.807) is 6.20 Å². The molecule has 0 N–H and O–H groups in total. The molecule has 5 nitrogen and oxygen atoms in total. The number of halogens is 1. The maximum Gasteiger partial charge on any atom is 0.323 e. The fourth-order valence-corrected chi connectivity index (χ4v) is 2.31. The van der Waals surface area contributed by atoms with E-state index in [0.29, 0.717) is 11.7 Å². The molecule has 6 heteroatoms. The van der Waals surface area contributed by atoms with Gasteiger partial charge in [0.2, 0.25) is 0 Å². The van der Waals surface area contributed by atoms with Crippen molar-refractivity contribution in [2.75, 3.05) is 13.7 Å². The summed E-state index contributed by atoms with van der Waals surface area (Å²) in [6.45, 7) is 1.48. The second-order valence-corrected chi connectivity index (χ2v) is 4.72. The lowest BCUT2D eigenvalue weighted by molar-refractivity contribution is -0.148. The SMILES string of the molecule is COC(=O)C1CCCCN1Cc1cnc(Cl)cn1. The number of piperidine rings is 1. The van der Waals surface area contributed by atoms with Gasteiger partial charge in [0.1, 0.15) is 11.2 Å². The number of carbonyl (C=O) groups is 1. The van der Waals surface area contributed by atoms with Crippen LogP contribution in [0.25, 0.3) is 0 Å². The van der Waals surface area contributed by atoms with Crippen molar-refractivity contribution >= 4 is 17.6 Å². The fraction of sp³-hybridized carbons (Fsp3) is 0.583. The number of hydrogen-bond acceptors (Lipinski definition) is 5. The predicted octanol–water partition coefficient (Wildman–Crippen LogP) is 1.66. The molecule has 2 heterocycles. The Labute approximate surface area is 111 Å². The minimum absolute atomic E-state index is 0.166. The van der Waals surface area contributed by atoms with Crippen LogP contribution in [0.5, 0.6) is 0 Å². The number of hydrogen-bond donors (Lipinski definition) is 0. The molecule has 2 rings (SSSR count). The average Bonchev–Trinajstić information content (AvgIpc) is 2.41. The van der Waals surface area contributed by atoms with E-state index in [2.05, 4.69) is 14.9 Å². The number of methoxy groups -OCH3 is 1. The van der Waals surface area contributed by atoms with E-state index >= 15 is 0 Å². The highest BCUT2D eigenvalue weighted by Gasteiger charge is 2.29. The Morgan fingerprint density at radius 1 is 1.50 bits per heavy atom. The molecule has 0 radical (unpaired) electrons. The van der Waals surface area contributed by atoms with Crippen LogP contribution in [0, 0.1) is 0 Å². The van der Waals surface area contributed by atoms with Crippen LogP contribution in [-0.4, -0.2) is 40.5 Å². The second kappa shape index (κ2) is 6.11. The summed E-state index contributed by atoms with van der Waals surface area (Å²) in [5.74, 6) is -0.170. The van der Waals surface area contributed by atoms with Gasteiger partial charge < -0.3 is 4.74 Å². The summed E-state index contributed by atoms with van der Waals surface area (Å²) in [6, 6.07) is -0.166. The summed E-state index contributed by atoms with van der Waals surface area (Å²) in [5.41, 5.74) is 0.815. The Morgan fingerprint density at radius 3 is 3.00 bits per heavy atom. The number of carbonyl (C=O) groups excluding carboxylic acids is 1. The van der Waals surface area contributed by atoms with Crippen LogP contribution in [0.4, 0.5) is 0 Å². The molecule has 1 aromatic rings. The zero-order chi connectivity index (χ0) is 13.0. The van der Waals surface area contributed by atoms with Crippen LogP contribution in [0.15, 0.2) is 12.4 Å². The Bertz CT molecular complexity index is 410. The first-order chi connectivity index (χ1) is 8.70. The van der Waals surface area contributed by atoms with E-state index < -0.39 is 0 Å². The van der Waals surface area contributed by atoms with Crippen LogP contribution in [0.1, 0.15) is 25.0 Å². The van der Waals surface area contributed by atoms with Crippen LogP contribution < -0.4 is 0 Å². The van der Waals surface area contributed by atoms with Gasteiger partial charge in [0, 0.05) is 6.54 Å². The van der Waals surface area contributed by atoms with Crippen molar-refractivity contribution < 1.29 is 9.53 Å². The maximum absolute atomic E-state index is 11.7. The largest absolute Gasteiger partial charge is 0.468 e. The number of ether oxygens (including phenoxy) is 1. The summed E-state index contributed by atoms with van der Waals surface area (Å²) >= 11 is 5.69. The summed E-state index contributed by atoms with van der Waals surface area (Å²) in [6.07, 6.45) is 6.16. The van der Waals surface area contributed by atoms with Gasteiger partial charge in [-0.05, 0) is 19.4 Å². The van der Waals surface area contributed by atoms with E-state index in [1.807, 2.05) is 0 Å². The van der Waals surface area contributed by atoms with Crippen molar-refractivity contribution in [2.24, 2.45) is 0 Å². The third-order valence-electron chi connectivity index (χ3n) is 3.13. The van der Waals surface area contributed by atoms with Crippen LogP contribution in [0.2, 0.25) is 5.15 Å². The minimum Gasteiger partial charge on any atom is -0.468 e. The third kappa shape index (κ3) is 3.17. The van der Waals surface area contributed by atoms with Crippen LogP contribution >= 0.6 is 11.6 Å². The molecule has 18 heavy (non-hydrogen) atoms. The molecule has 0 bridgehead atoms. The number of esters is 1. The zero-order valence-corrected chi connectivity index (χ0v) is 11.1. The zero-order valence-electron chi connectivity index (χ0n) is 10.3. The van der Waals surface area contributed by atoms with Gasteiger partial charge in [-0.2, -0.15) is 0 Å². The molecule has 0 aliphatic carbocycles. The van der Waals surface area contributed by atoms with Gasteiger partial charge in [-0.25, -0.2) is 4.98 Å². The van der Waals surface area contributed by atoms with Gasteiger partial charge in [0.15, 0.2) is 0 Å². The molecule has 1 atom stereocenters. The van der Waals surface area contributed by atoms with E-state index in [4.69, 9.17) is 16.3 Å². The molecule has 0 amide bonds. The molecule has 1 aromatic heterocycles. The van der Waals surface area contributed by atoms with Gasteiger partial charge in [0.25, 0.3) is 0 Å². The third-order valence-corrected chi connectivity index (χ3v) is 3.32. The highest BCUT2D eigenvalue weighted by atomic mass is 35.5. The average molecular weight is 270 g/mol. The van der Waals surface area contributed by atoms with Crippen molar-refractivity contribution in [1.29, 1.82) is 0 Å². The van der Waals surface area contributed by atoms with Crippen LogP contribution in [-0.2, 0) is 16.1 Å². The lowest BCUT2D eigenvalue weighted by Gasteiger charge is -2.33. The van der Waals surface area contributed by atoms with Crippen molar-refractivity contribution in [3.8, 4) is 0 Å². The van der Waals surface area contributed by atoms with Crippen LogP contribution in [0.3, 0.4) is 0 Å². The molecule has 98 valence electrons. The quantitative estimate of drug-likeness (QED) is 0.781. The minimum atomic E-state index is -0.170. The molecule has 0 spiro atoms. The van der Waals surface area contributed by atoms with Gasteiger partial charge in [-0.15, -0.1) is 0 Å². The molecule has 1 unspecified atom stereocenters. The smallest absolute Gasteiger partial charge is 0.323 e. The van der Waals surface area contributed by atoms with Gasteiger partial charge in [0.05, 0.1) is 25.2 Å². The Morgan fingerprint density at radius 2 is 2.33 bits per heavy atom.